The molecule has 0 spiro atoms. The van der Waals surface area contributed by atoms with Gasteiger partial charge in [0.2, 0.25) is 0 Å². The SMILES string of the molecule is Nc1cnc(N2CCN3CCC2CC3)c(Cl)c1. The zero-order chi connectivity index (χ0) is 11.8. The first-order valence-electron chi connectivity index (χ1n) is 6.14. The molecule has 0 amide bonds. The van der Waals surface area contributed by atoms with E-state index in [1.54, 1.807) is 12.3 Å². The molecule has 1 aromatic rings. The van der Waals surface area contributed by atoms with E-state index in [-0.39, 0.29) is 0 Å². The van der Waals surface area contributed by atoms with Crippen LogP contribution in [-0.4, -0.2) is 42.1 Å². The molecule has 0 unspecified atom stereocenters. The Morgan fingerprint density at radius 1 is 1.24 bits per heavy atom. The molecule has 0 radical (unpaired) electrons. The Kier molecular flexibility index (Phi) is 2.84. The number of hydrogen-bond acceptors (Lipinski definition) is 4. The maximum Gasteiger partial charge on any atom is 0.147 e. The van der Waals surface area contributed by atoms with Gasteiger partial charge in [0.15, 0.2) is 0 Å². The number of halogens is 1. The van der Waals surface area contributed by atoms with Crippen LogP contribution in [0.15, 0.2) is 12.3 Å². The van der Waals surface area contributed by atoms with Crippen molar-refractivity contribution in [3.63, 3.8) is 0 Å². The number of fused-ring (bicyclic) bond motifs is 4. The largest absolute Gasteiger partial charge is 0.397 e. The van der Waals surface area contributed by atoms with Crippen molar-refractivity contribution in [3.8, 4) is 0 Å². The summed E-state index contributed by atoms with van der Waals surface area (Å²) in [6.07, 6.45) is 4.11. The fourth-order valence-corrected chi connectivity index (χ4v) is 3.11. The average molecular weight is 253 g/mol. The molecule has 4 rings (SSSR count). The van der Waals surface area contributed by atoms with Crippen molar-refractivity contribution < 1.29 is 0 Å². The molecule has 0 aliphatic carbocycles. The molecule has 4 heterocycles. The summed E-state index contributed by atoms with van der Waals surface area (Å²) in [7, 11) is 0. The molecule has 0 saturated carbocycles. The quantitative estimate of drug-likeness (QED) is 0.825. The van der Waals surface area contributed by atoms with Crippen LogP contribution in [0.3, 0.4) is 0 Å². The van der Waals surface area contributed by atoms with E-state index in [0.29, 0.717) is 16.8 Å². The van der Waals surface area contributed by atoms with Crippen molar-refractivity contribution in [1.29, 1.82) is 0 Å². The lowest BCUT2D eigenvalue weighted by Gasteiger charge is -2.32. The number of hydrogen-bond donors (Lipinski definition) is 1. The van der Waals surface area contributed by atoms with Crippen LogP contribution in [0.25, 0.3) is 0 Å². The Hall–Kier alpha value is -1.00. The number of piperidine rings is 1. The van der Waals surface area contributed by atoms with Crippen LogP contribution < -0.4 is 10.6 Å². The minimum absolute atomic E-state index is 0.586. The van der Waals surface area contributed by atoms with E-state index in [0.717, 1.165) is 18.9 Å². The summed E-state index contributed by atoms with van der Waals surface area (Å²) in [5.74, 6) is 0.898. The van der Waals surface area contributed by atoms with Crippen LogP contribution >= 0.6 is 11.6 Å². The number of aromatic nitrogens is 1. The lowest BCUT2D eigenvalue weighted by atomic mass is 10.1. The Balaban J connectivity index is 1.92. The van der Waals surface area contributed by atoms with Gasteiger partial charge in [-0.3, -0.25) is 0 Å². The molecule has 1 aromatic heterocycles. The molecule has 17 heavy (non-hydrogen) atoms. The number of nitrogen functional groups attached to an aromatic ring is 1. The summed E-state index contributed by atoms with van der Waals surface area (Å²) in [4.78, 5) is 9.28. The second-order valence-corrected chi connectivity index (χ2v) is 5.25. The van der Waals surface area contributed by atoms with Crippen LogP contribution in [0, 0.1) is 0 Å². The van der Waals surface area contributed by atoms with Gasteiger partial charge in [0.25, 0.3) is 0 Å². The number of anilines is 2. The van der Waals surface area contributed by atoms with Crippen LogP contribution in [0.4, 0.5) is 11.5 Å². The molecular formula is C12H17ClN4. The first kappa shape index (κ1) is 11.1. The molecule has 4 nitrogen and oxygen atoms in total. The highest BCUT2D eigenvalue weighted by Gasteiger charge is 2.30. The molecule has 0 atom stereocenters. The molecule has 0 aromatic carbocycles. The van der Waals surface area contributed by atoms with Crippen molar-refractivity contribution in [3.05, 3.63) is 17.3 Å². The van der Waals surface area contributed by atoms with Gasteiger partial charge in [-0.2, -0.15) is 0 Å². The Morgan fingerprint density at radius 2 is 2.00 bits per heavy atom. The van der Waals surface area contributed by atoms with E-state index in [1.165, 1.54) is 25.9 Å². The van der Waals surface area contributed by atoms with Crippen molar-refractivity contribution >= 4 is 23.1 Å². The highest BCUT2D eigenvalue weighted by Crippen LogP contribution is 2.31. The smallest absolute Gasteiger partial charge is 0.147 e. The second kappa shape index (κ2) is 4.35. The standard InChI is InChI=1S/C12H17ClN4/c13-11-7-9(14)8-15-12(11)17-6-5-16-3-1-10(17)2-4-16/h7-8,10H,1-6,14H2. The third-order valence-electron chi connectivity index (χ3n) is 3.77. The van der Waals surface area contributed by atoms with Crippen LogP contribution in [0.5, 0.6) is 0 Å². The number of nitrogens with two attached hydrogens (primary N) is 1. The minimum Gasteiger partial charge on any atom is -0.397 e. The lowest BCUT2D eigenvalue weighted by Crippen LogP contribution is -2.38. The maximum atomic E-state index is 6.25. The molecule has 5 heteroatoms. The zero-order valence-corrected chi connectivity index (χ0v) is 10.5. The molecule has 2 N–H and O–H groups in total. The van der Waals surface area contributed by atoms with Crippen LogP contribution in [-0.2, 0) is 0 Å². The van der Waals surface area contributed by atoms with Crippen LogP contribution in [0.2, 0.25) is 5.02 Å². The van der Waals surface area contributed by atoms with Gasteiger partial charge in [0.1, 0.15) is 5.82 Å². The normalized spacial score (nSPS) is 28.2. The Bertz CT molecular complexity index is 415. The molecule has 3 saturated heterocycles. The molecule has 3 aliphatic heterocycles. The lowest BCUT2D eigenvalue weighted by molar-refractivity contribution is 0.250. The fourth-order valence-electron chi connectivity index (χ4n) is 2.82. The monoisotopic (exact) mass is 252 g/mol. The first-order chi connectivity index (χ1) is 8.24. The van der Waals surface area contributed by atoms with E-state index in [2.05, 4.69) is 14.8 Å². The van der Waals surface area contributed by atoms with Gasteiger partial charge in [-0.15, -0.1) is 0 Å². The topological polar surface area (TPSA) is 45.4 Å². The summed E-state index contributed by atoms with van der Waals surface area (Å²) in [5, 5.41) is 0.672. The van der Waals surface area contributed by atoms with Crippen molar-refractivity contribution in [1.82, 2.24) is 9.88 Å². The number of pyridine rings is 1. The van der Waals surface area contributed by atoms with Gasteiger partial charge in [0, 0.05) is 32.2 Å². The van der Waals surface area contributed by atoms with E-state index < -0.39 is 0 Å². The number of rotatable bonds is 1. The highest BCUT2D eigenvalue weighted by atomic mass is 35.5. The van der Waals surface area contributed by atoms with Gasteiger partial charge < -0.3 is 15.5 Å². The third-order valence-corrected chi connectivity index (χ3v) is 4.05. The average Bonchev–Trinajstić information content (AvgIpc) is 2.63. The molecular weight excluding hydrogens is 236 g/mol. The summed E-state index contributed by atoms with van der Waals surface area (Å²) in [5.41, 5.74) is 6.32. The van der Waals surface area contributed by atoms with Gasteiger partial charge in [0.05, 0.1) is 16.9 Å². The minimum atomic E-state index is 0.586. The molecule has 2 bridgehead atoms. The van der Waals surface area contributed by atoms with Gasteiger partial charge in [-0.25, -0.2) is 4.98 Å². The molecule has 92 valence electrons. The molecule has 3 fully saturated rings. The summed E-state index contributed by atoms with van der Waals surface area (Å²) >= 11 is 6.25. The Morgan fingerprint density at radius 3 is 2.71 bits per heavy atom. The predicted octanol–water partition coefficient (Wildman–Crippen LogP) is 1.60. The zero-order valence-electron chi connectivity index (χ0n) is 9.77. The van der Waals surface area contributed by atoms with E-state index in [1.807, 2.05) is 0 Å². The predicted molar refractivity (Wildman–Crippen MR) is 70.5 cm³/mol. The second-order valence-electron chi connectivity index (χ2n) is 4.84. The van der Waals surface area contributed by atoms with Gasteiger partial charge >= 0.3 is 0 Å². The number of nitrogens with zero attached hydrogens (tertiary/aromatic N) is 3. The van der Waals surface area contributed by atoms with Crippen molar-refractivity contribution in [2.45, 2.75) is 18.9 Å². The van der Waals surface area contributed by atoms with E-state index in [9.17, 15) is 0 Å². The van der Waals surface area contributed by atoms with Crippen LogP contribution in [0.1, 0.15) is 12.8 Å². The highest BCUT2D eigenvalue weighted by molar-refractivity contribution is 6.33. The van der Waals surface area contributed by atoms with Crippen molar-refractivity contribution in [2.24, 2.45) is 0 Å². The molecule has 3 aliphatic rings. The van der Waals surface area contributed by atoms with E-state index >= 15 is 0 Å². The first-order valence-corrected chi connectivity index (χ1v) is 6.52. The maximum absolute atomic E-state index is 6.25. The summed E-state index contributed by atoms with van der Waals surface area (Å²) in [6, 6.07) is 2.38. The summed E-state index contributed by atoms with van der Waals surface area (Å²) in [6.45, 7) is 4.53. The van der Waals surface area contributed by atoms with Gasteiger partial charge in [-0.1, -0.05) is 11.6 Å². The fraction of sp³-hybridized carbons (Fsp3) is 0.583. The summed E-state index contributed by atoms with van der Waals surface area (Å²) < 4.78 is 0. The third kappa shape index (κ3) is 2.07. The van der Waals surface area contributed by atoms with Gasteiger partial charge in [-0.05, 0) is 18.9 Å². The van der Waals surface area contributed by atoms with Crippen molar-refractivity contribution in [2.75, 3.05) is 36.8 Å². The Labute approximate surface area is 106 Å². The van der Waals surface area contributed by atoms with E-state index in [4.69, 9.17) is 17.3 Å².